The van der Waals surface area contributed by atoms with Gasteiger partial charge in [0.25, 0.3) is 16.0 Å². The zero-order valence-corrected chi connectivity index (χ0v) is 11.2. The maximum Gasteiger partial charge on any atom is 0.265 e. The minimum absolute atomic E-state index is 0.130. The van der Waals surface area contributed by atoms with E-state index in [0.717, 1.165) is 6.26 Å². The van der Waals surface area contributed by atoms with E-state index < -0.39 is 46.5 Å². The van der Waals surface area contributed by atoms with Crippen molar-refractivity contribution in [3.8, 4) is 0 Å². The number of hydrogen-bond donors (Lipinski definition) is 1. The third-order valence-electron chi connectivity index (χ3n) is 3.85. The molecule has 8 nitrogen and oxygen atoms in total. The van der Waals surface area contributed by atoms with Crippen LogP contribution in [-0.2, 0) is 28.6 Å². The molecule has 0 aliphatic carbocycles. The van der Waals surface area contributed by atoms with Crippen LogP contribution in [0, 0.1) is 5.92 Å². The smallest absolute Gasteiger partial charge is 0.265 e. The molecule has 108 valence electrons. The molecule has 0 aromatic carbocycles. The molecule has 1 amide bonds. The van der Waals surface area contributed by atoms with Crippen LogP contribution in [0.4, 0.5) is 0 Å². The Balaban J connectivity index is 1.94. The summed E-state index contributed by atoms with van der Waals surface area (Å²) in [7, 11) is -2.36. The van der Waals surface area contributed by atoms with Crippen molar-refractivity contribution in [3.63, 3.8) is 0 Å². The van der Waals surface area contributed by atoms with Crippen LogP contribution < -0.4 is 0 Å². The second-order valence-corrected chi connectivity index (χ2v) is 6.65. The molecule has 0 saturated carbocycles. The Morgan fingerprint density at radius 2 is 2.16 bits per heavy atom. The molecule has 1 unspecified atom stereocenters. The van der Waals surface area contributed by atoms with Crippen LogP contribution in [0.25, 0.3) is 0 Å². The SMILES string of the molecule is COC1O[C@H]2[C@H]3[C@@H]1[C@@H](OS(C)(=O)=O)C(=O)N3C[C@H]2O. The summed E-state index contributed by atoms with van der Waals surface area (Å²) in [5.74, 6) is -0.985. The summed E-state index contributed by atoms with van der Waals surface area (Å²) in [6.07, 6.45) is -2.33. The number of methoxy groups -OCH3 is 1. The maximum absolute atomic E-state index is 12.2. The Hall–Kier alpha value is -0.740. The van der Waals surface area contributed by atoms with Crippen molar-refractivity contribution < 1.29 is 32.0 Å². The largest absolute Gasteiger partial charge is 0.388 e. The topological polar surface area (TPSA) is 102 Å². The fourth-order valence-electron chi connectivity index (χ4n) is 3.23. The van der Waals surface area contributed by atoms with E-state index in [0.29, 0.717) is 0 Å². The van der Waals surface area contributed by atoms with Gasteiger partial charge in [0, 0.05) is 13.7 Å². The molecule has 0 radical (unpaired) electrons. The molecule has 3 saturated heterocycles. The maximum atomic E-state index is 12.2. The normalized spacial score (nSPS) is 45.0. The number of carbonyl (C=O) groups is 1. The van der Waals surface area contributed by atoms with Crippen LogP contribution in [0.15, 0.2) is 0 Å². The van der Waals surface area contributed by atoms with E-state index in [1.165, 1.54) is 12.0 Å². The Morgan fingerprint density at radius 3 is 2.74 bits per heavy atom. The highest BCUT2D eigenvalue weighted by Gasteiger charge is 2.66. The number of ether oxygens (including phenoxy) is 2. The van der Waals surface area contributed by atoms with E-state index in [-0.39, 0.29) is 12.6 Å². The predicted molar refractivity (Wildman–Crippen MR) is 60.4 cm³/mol. The van der Waals surface area contributed by atoms with Gasteiger partial charge in [-0.15, -0.1) is 0 Å². The van der Waals surface area contributed by atoms with Gasteiger partial charge in [-0.25, -0.2) is 0 Å². The van der Waals surface area contributed by atoms with Gasteiger partial charge in [-0.3, -0.25) is 8.98 Å². The first-order valence-corrected chi connectivity index (χ1v) is 7.70. The molecular formula is C10H15NO7S. The first-order chi connectivity index (χ1) is 8.83. The quantitative estimate of drug-likeness (QED) is 0.595. The molecule has 0 aromatic heterocycles. The number of amides is 1. The lowest BCUT2D eigenvalue weighted by atomic mass is 9.96. The van der Waals surface area contributed by atoms with E-state index in [9.17, 15) is 18.3 Å². The molecule has 9 heteroatoms. The molecule has 3 rings (SSSR count). The van der Waals surface area contributed by atoms with Gasteiger partial charge in [0.15, 0.2) is 12.4 Å². The molecular weight excluding hydrogens is 278 g/mol. The number of nitrogens with zero attached hydrogens (tertiary/aromatic N) is 1. The molecule has 19 heavy (non-hydrogen) atoms. The Bertz CT molecular complexity index is 506. The van der Waals surface area contributed by atoms with Crippen molar-refractivity contribution in [1.29, 1.82) is 0 Å². The first-order valence-electron chi connectivity index (χ1n) is 5.88. The summed E-state index contributed by atoms with van der Waals surface area (Å²) in [6, 6.07) is -0.390. The molecule has 3 fully saturated rings. The van der Waals surface area contributed by atoms with Crippen molar-refractivity contribution in [3.05, 3.63) is 0 Å². The van der Waals surface area contributed by atoms with Gasteiger partial charge in [0.05, 0.1) is 24.3 Å². The van der Waals surface area contributed by atoms with Crippen molar-refractivity contribution in [2.24, 2.45) is 5.92 Å². The number of aliphatic hydroxyl groups excluding tert-OH is 1. The van der Waals surface area contributed by atoms with Crippen LogP contribution in [0.2, 0.25) is 0 Å². The van der Waals surface area contributed by atoms with Crippen LogP contribution in [0.5, 0.6) is 0 Å². The fourth-order valence-corrected chi connectivity index (χ4v) is 3.82. The van der Waals surface area contributed by atoms with Gasteiger partial charge in [-0.2, -0.15) is 8.42 Å². The number of aliphatic hydroxyl groups is 1. The second kappa shape index (κ2) is 4.13. The van der Waals surface area contributed by atoms with Gasteiger partial charge in [-0.1, -0.05) is 0 Å². The molecule has 3 heterocycles. The lowest BCUT2D eigenvalue weighted by Crippen LogP contribution is -2.37. The number of hydrogen-bond acceptors (Lipinski definition) is 7. The van der Waals surface area contributed by atoms with Gasteiger partial charge in [0.2, 0.25) is 0 Å². The van der Waals surface area contributed by atoms with Gasteiger partial charge in [-0.05, 0) is 0 Å². The fraction of sp³-hybridized carbons (Fsp3) is 0.900. The molecule has 6 atom stereocenters. The highest BCUT2D eigenvalue weighted by molar-refractivity contribution is 7.86. The molecule has 0 bridgehead atoms. The molecule has 0 aromatic rings. The zero-order valence-electron chi connectivity index (χ0n) is 10.4. The molecule has 3 aliphatic heterocycles. The van der Waals surface area contributed by atoms with Crippen LogP contribution >= 0.6 is 0 Å². The van der Waals surface area contributed by atoms with Crippen molar-refractivity contribution in [2.75, 3.05) is 19.9 Å². The monoisotopic (exact) mass is 293 g/mol. The van der Waals surface area contributed by atoms with E-state index in [2.05, 4.69) is 0 Å². The summed E-state index contributed by atoms with van der Waals surface area (Å²) in [4.78, 5) is 13.6. The van der Waals surface area contributed by atoms with Gasteiger partial charge in [0.1, 0.15) is 6.10 Å². The summed E-state index contributed by atoms with van der Waals surface area (Å²) in [5.41, 5.74) is 0. The summed E-state index contributed by atoms with van der Waals surface area (Å²) in [6.45, 7) is 0.130. The van der Waals surface area contributed by atoms with Gasteiger partial charge < -0.3 is 19.5 Å². The standard InChI is InChI=1S/C10H15NO7S/c1-16-10-5-6-7(17-10)4(12)3-11(6)9(13)8(5)18-19(2,14)15/h4-8,10,12H,3H2,1-2H3/t4-,5-,6-,7-,8-,10?/m1/s1. The van der Waals surface area contributed by atoms with Crippen molar-refractivity contribution in [1.82, 2.24) is 4.90 Å². The Labute approximate surface area is 110 Å². The molecule has 1 N–H and O–H groups in total. The number of carbonyl (C=O) groups excluding carboxylic acids is 1. The van der Waals surface area contributed by atoms with Crippen molar-refractivity contribution in [2.45, 2.75) is 30.6 Å². The zero-order chi connectivity index (χ0) is 13.9. The van der Waals surface area contributed by atoms with Crippen molar-refractivity contribution >= 4 is 16.0 Å². The highest BCUT2D eigenvalue weighted by atomic mass is 32.2. The summed E-state index contributed by atoms with van der Waals surface area (Å²) in [5, 5.41) is 9.84. The second-order valence-electron chi connectivity index (χ2n) is 5.05. The predicted octanol–water partition coefficient (Wildman–Crippen LogP) is -2.10. The minimum atomic E-state index is -3.76. The Kier molecular flexibility index (Phi) is 2.88. The summed E-state index contributed by atoms with van der Waals surface area (Å²) < 4.78 is 38.1. The average Bonchev–Trinajstić information content (AvgIpc) is 2.89. The Morgan fingerprint density at radius 1 is 1.47 bits per heavy atom. The first kappa shape index (κ1) is 13.3. The lowest BCUT2D eigenvalue weighted by Gasteiger charge is -2.19. The molecule has 0 spiro atoms. The minimum Gasteiger partial charge on any atom is -0.388 e. The van der Waals surface area contributed by atoms with E-state index in [4.69, 9.17) is 13.7 Å². The van der Waals surface area contributed by atoms with Crippen LogP contribution in [0.1, 0.15) is 0 Å². The third-order valence-corrected chi connectivity index (χ3v) is 4.40. The third kappa shape index (κ3) is 1.88. The van der Waals surface area contributed by atoms with Gasteiger partial charge >= 0.3 is 0 Å². The molecule has 3 aliphatic rings. The van der Waals surface area contributed by atoms with Crippen LogP contribution in [0.3, 0.4) is 0 Å². The average molecular weight is 293 g/mol. The summed E-state index contributed by atoms with van der Waals surface area (Å²) >= 11 is 0. The van der Waals surface area contributed by atoms with E-state index >= 15 is 0 Å². The van der Waals surface area contributed by atoms with Crippen LogP contribution in [-0.4, -0.2) is 74.9 Å². The lowest BCUT2D eigenvalue weighted by molar-refractivity contribution is -0.159. The van der Waals surface area contributed by atoms with E-state index in [1.54, 1.807) is 0 Å². The van der Waals surface area contributed by atoms with E-state index in [1.807, 2.05) is 0 Å². The number of rotatable bonds is 3. The highest BCUT2D eigenvalue weighted by Crippen LogP contribution is 2.46.